The van der Waals surface area contributed by atoms with E-state index in [0.29, 0.717) is 16.9 Å². The quantitative estimate of drug-likeness (QED) is 0.645. The number of carbonyl (C=O) groups excluding carboxylic acids is 1. The Kier molecular flexibility index (Phi) is 4.57. The number of nitrogens with zero attached hydrogens (tertiary/aromatic N) is 2. The molecule has 122 valence electrons. The van der Waals surface area contributed by atoms with Crippen molar-refractivity contribution in [2.45, 2.75) is 6.92 Å². The van der Waals surface area contributed by atoms with E-state index in [-0.39, 0.29) is 11.5 Å². The minimum atomic E-state index is -0.286. The van der Waals surface area contributed by atoms with Gasteiger partial charge in [0.2, 0.25) is 0 Å². The molecular formula is C18H16IN3O2. The lowest BCUT2D eigenvalue weighted by Crippen LogP contribution is -2.23. The Balaban J connectivity index is 2.03. The van der Waals surface area contributed by atoms with Crippen LogP contribution in [0.25, 0.3) is 5.69 Å². The van der Waals surface area contributed by atoms with E-state index in [1.54, 1.807) is 28.5 Å². The molecule has 5 nitrogen and oxygen atoms in total. The largest absolute Gasteiger partial charge is 0.316 e. The number of halogens is 1. The van der Waals surface area contributed by atoms with Crippen molar-refractivity contribution in [3.8, 4) is 5.69 Å². The Morgan fingerprint density at radius 2 is 1.67 bits per heavy atom. The zero-order chi connectivity index (χ0) is 17.3. The van der Waals surface area contributed by atoms with E-state index in [2.05, 4.69) is 27.9 Å². The van der Waals surface area contributed by atoms with Gasteiger partial charge in [0.25, 0.3) is 11.5 Å². The standard InChI is InChI=1S/C18H16IN3O2/c1-12-16(20-17(23)14-10-6-7-11-15(14)19)18(24)22(21(12)2)13-8-4-3-5-9-13/h3-11H,1-2H3,(H,20,23). The predicted molar refractivity (Wildman–Crippen MR) is 103 cm³/mol. The smallest absolute Gasteiger partial charge is 0.295 e. The van der Waals surface area contributed by atoms with E-state index in [1.807, 2.05) is 49.4 Å². The third kappa shape index (κ3) is 2.89. The molecule has 0 atom stereocenters. The molecule has 0 saturated carbocycles. The number of nitrogens with one attached hydrogen (secondary N) is 1. The fourth-order valence-electron chi connectivity index (χ4n) is 2.54. The van der Waals surface area contributed by atoms with Crippen molar-refractivity contribution in [3.63, 3.8) is 0 Å². The average Bonchev–Trinajstić information content (AvgIpc) is 2.79. The number of rotatable bonds is 3. The van der Waals surface area contributed by atoms with Gasteiger partial charge in [0.1, 0.15) is 5.69 Å². The minimum absolute atomic E-state index is 0.250. The van der Waals surface area contributed by atoms with Crippen LogP contribution >= 0.6 is 22.6 Å². The Labute approximate surface area is 153 Å². The number of anilines is 1. The first kappa shape index (κ1) is 16.5. The highest BCUT2D eigenvalue weighted by atomic mass is 127. The lowest BCUT2D eigenvalue weighted by Gasteiger charge is -2.07. The van der Waals surface area contributed by atoms with Crippen LogP contribution in [0, 0.1) is 10.5 Å². The first-order valence-corrected chi connectivity index (χ1v) is 8.48. The minimum Gasteiger partial charge on any atom is -0.316 e. The van der Waals surface area contributed by atoms with Crippen LogP contribution < -0.4 is 10.9 Å². The maximum atomic E-state index is 12.8. The molecule has 2 aromatic carbocycles. The Bertz CT molecular complexity index is 958. The number of carbonyl (C=O) groups is 1. The highest BCUT2D eigenvalue weighted by Crippen LogP contribution is 2.17. The second kappa shape index (κ2) is 6.64. The number of benzene rings is 2. The van der Waals surface area contributed by atoms with Crippen molar-refractivity contribution < 1.29 is 4.79 Å². The number of aromatic nitrogens is 2. The normalized spacial score (nSPS) is 10.6. The van der Waals surface area contributed by atoms with Gasteiger partial charge in [-0.2, -0.15) is 0 Å². The Hall–Kier alpha value is -2.35. The summed E-state index contributed by atoms with van der Waals surface area (Å²) in [4.78, 5) is 25.3. The van der Waals surface area contributed by atoms with Gasteiger partial charge in [0, 0.05) is 10.6 Å². The molecule has 0 spiro atoms. The lowest BCUT2D eigenvalue weighted by molar-refractivity contribution is 0.102. The summed E-state index contributed by atoms with van der Waals surface area (Å²) in [5, 5.41) is 2.77. The van der Waals surface area contributed by atoms with E-state index in [4.69, 9.17) is 0 Å². The summed E-state index contributed by atoms with van der Waals surface area (Å²) in [5.41, 5.74) is 2.05. The van der Waals surface area contributed by atoms with Crippen LogP contribution in [0.4, 0.5) is 5.69 Å². The Morgan fingerprint density at radius 1 is 1.04 bits per heavy atom. The second-order valence-corrected chi connectivity index (χ2v) is 6.53. The summed E-state index contributed by atoms with van der Waals surface area (Å²) in [6.07, 6.45) is 0. The van der Waals surface area contributed by atoms with E-state index in [1.165, 1.54) is 0 Å². The predicted octanol–water partition coefficient (Wildman–Crippen LogP) is 3.34. The van der Waals surface area contributed by atoms with Gasteiger partial charge in [-0.15, -0.1) is 0 Å². The van der Waals surface area contributed by atoms with Crippen molar-refractivity contribution in [1.82, 2.24) is 9.36 Å². The van der Waals surface area contributed by atoms with Gasteiger partial charge in [-0.25, -0.2) is 4.68 Å². The molecule has 3 aromatic rings. The summed E-state index contributed by atoms with van der Waals surface area (Å²) >= 11 is 2.11. The van der Waals surface area contributed by atoms with Crippen LogP contribution in [-0.4, -0.2) is 15.3 Å². The highest BCUT2D eigenvalue weighted by molar-refractivity contribution is 14.1. The molecule has 0 aliphatic rings. The van der Waals surface area contributed by atoms with Gasteiger partial charge < -0.3 is 5.32 Å². The second-order valence-electron chi connectivity index (χ2n) is 5.37. The van der Waals surface area contributed by atoms with Crippen LogP contribution in [0.3, 0.4) is 0 Å². The van der Waals surface area contributed by atoms with Gasteiger partial charge in [-0.05, 0) is 53.8 Å². The summed E-state index contributed by atoms with van der Waals surface area (Å²) in [6.45, 7) is 1.81. The molecule has 0 aliphatic carbocycles. The van der Waals surface area contributed by atoms with Crippen LogP contribution in [0.15, 0.2) is 59.4 Å². The summed E-state index contributed by atoms with van der Waals surface area (Å²) < 4.78 is 4.12. The fraction of sp³-hybridized carbons (Fsp3) is 0.111. The summed E-state index contributed by atoms with van der Waals surface area (Å²) in [5.74, 6) is -0.286. The maximum Gasteiger partial charge on any atom is 0.295 e. The van der Waals surface area contributed by atoms with Crippen LogP contribution in [-0.2, 0) is 7.05 Å². The van der Waals surface area contributed by atoms with Crippen molar-refractivity contribution in [2.75, 3.05) is 5.32 Å². The zero-order valence-corrected chi connectivity index (χ0v) is 15.4. The van der Waals surface area contributed by atoms with E-state index in [9.17, 15) is 9.59 Å². The SMILES string of the molecule is Cc1c(NC(=O)c2ccccc2I)c(=O)n(-c2ccccc2)n1C. The van der Waals surface area contributed by atoms with Crippen molar-refractivity contribution >= 4 is 34.2 Å². The average molecular weight is 433 g/mol. The monoisotopic (exact) mass is 433 g/mol. The number of hydrogen-bond acceptors (Lipinski definition) is 2. The third-order valence-corrected chi connectivity index (χ3v) is 4.85. The topological polar surface area (TPSA) is 56.0 Å². The van der Waals surface area contributed by atoms with Crippen molar-refractivity contribution in [3.05, 3.63) is 79.8 Å². The molecule has 6 heteroatoms. The van der Waals surface area contributed by atoms with Crippen LogP contribution in [0.2, 0.25) is 0 Å². The molecular weight excluding hydrogens is 417 g/mol. The molecule has 3 rings (SSSR count). The molecule has 1 amide bonds. The molecule has 0 saturated heterocycles. The van der Waals surface area contributed by atoms with Crippen molar-refractivity contribution in [1.29, 1.82) is 0 Å². The third-order valence-electron chi connectivity index (χ3n) is 3.91. The van der Waals surface area contributed by atoms with Gasteiger partial charge in [0.05, 0.1) is 16.9 Å². The molecule has 1 heterocycles. The highest BCUT2D eigenvalue weighted by Gasteiger charge is 2.19. The molecule has 0 unspecified atom stereocenters. The molecule has 0 fully saturated rings. The molecule has 1 aromatic heterocycles. The van der Waals surface area contributed by atoms with Gasteiger partial charge in [-0.1, -0.05) is 30.3 Å². The maximum absolute atomic E-state index is 12.8. The van der Waals surface area contributed by atoms with Crippen LogP contribution in [0.1, 0.15) is 16.1 Å². The van der Waals surface area contributed by atoms with Gasteiger partial charge in [0.15, 0.2) is 0 Å². The molecule has 0 bridgehead atoms. The van der Waals surface area contributed by atoms with Gasteiger partial charge >= 0.3 is 0 Å². The summed E-state index contributed by atoms with van der Waals surface area (Å²) in [7, 11) is 1.80. The van der Waals surface area contributed by atoms with E-state index < -0.39 is 0 Å². The Morgan fingerprint density at radius 3 is 2.33 bits per heavy atom. The number of hydrogen-bond donors (Lipinski definition) is 1. The molecule has 0 radical (unpaired) electrons. The number of para-hydroxylation sites is 1. The fourth-order valence-corrected chi connectivity index (χ4v) is 3.17. The zero-order valence-electron chi connectivity index (χ0n) is 13.3. The lowest BCUT2D eigenvalue weighted by atomic mass is 10.2. The van der Waals surface area contributed by atoms with E-state index in [0.717, 1.165) is 9.26 Å². The number of amides is 1. The van der Waals surface area contributed by atoms with Crippen LogP contribution in [0.5, 0.6) is 0 Å². The first-order valence-electron chi connectivity index (χ1n) is 7.40. The summed E-state index contributed by atoms with van der Waals surface area (Å²) in [6, 6.07) is 16.6. The molecule has 24 heavy (non-hydrogen) atoms. The molecule has 1 N–H and O–H groups in total. The van der Waals surface area contributed by atoms with Gasteiger partial charge in [-0.3, -0.25) is 14.3 Å². The van der Waals surface area contributed by atoms with Crippen molar-refractivity contribution in [2.24, 2.45) is 7.05 Å². The molecule has 0 aliphatic heterocycles. The first-order chi connectivity index (χ1) is 11.5. The van der Waals surface area contributed by atoms with E-state index >= 15 is 0 Å².